The van der Waals surface area contributed by atoms with Crippen molar-refractivity contribution in [2.24, 2.45) is 5.92 Å². The lowest BCUT2D eigenvalue weighted by molar-refractivity contribution is -0.147. The van der Waals surface area contributed by atoms with Gasteiger partial charge in [0, 0.05) is 17.7 Å². The van der Waals surface area contributed by atoms with Crippen molar-refractivity contribution in [3.8, 4) is 0 Å². The number of aliphatic hydroxyl groups is 1. The van der Waals surface area contributed by atoms with Gasteiger partial charge in [-0.05, 0) is 42.7 Å². The van der Waals surface area contributed by atoms with Crippen molar-refractivity contribution >= 4 is 46.7 Å². The molecule has 0 bridgehead atoms. The van der Waals surface area contributed by atoms with Crippen LogP contribution in [-0.4, -0.2) is 80.1 Å². The molecule has 0 saturated carbocycles. The fraction of sp³-hybridized carbons (Fsp3) is 0.324. The normalized spacial score (nSPS) is 24.9. The number of hydrogen-bond donors (Lipinski definition) is 4. The van der Waals surface area contributed by atoms with Crippen LogP contribution in [0, 0.1) is 5.92 Å². The van der Waals surface area contributed by atoms with E-state index in [4.69, 9.17) is 0 Å². The summed E-state index contributed by atoms with van der Waals surface area (Å²) in [6.07, 6.45) is -3.00. The van der Waals surface area contributed by atoms with Crippen molar-refractivity contribution in [3.63, 3.8) is 0 Å². The lowest BCUT2D eigenvalue weighted by Crippen LogP contribution is -2.70. The molecule has 0 spiro atoms. The van der Waals surface area contributed by atoms with Gasteiger partial charge in [0.2, 0.25) is 5.91 Å². The number of hydrogen-bond acceptors (Lipinski definition) is 7. The molecule has 4 aliphatic heterocycles. The second-order valence-corrected chi connectivity index (χ2v) is 12.5. The Balaban J connectivity index is 0.00000225. The summed E-state index contributed by atoms with van der Waals surface area (Å²) in [6.45, 7) is 3.82. The number of amides is 4. The Morgan fingerprint density at radius 2 is 1.46 bits per heavy atom. The summed E-state index contributed by atoms with van der Waals surface area (Å²) in [5.74, 6) is -3.17. The van der Waals surface area contributed by atoms with E-state index in [1.165, 1.54) is 14.7 Å². The van der Waals surface area contributed by atoms with Crippen molar-refractivity contribution in [1.29, 1.82) is 0 Å². The summed E-state index contributed by atoms with van der Waals surface area (Å²) in [5.41, 5.74) is -0.0816. The van der Waals surface area contributed by atoms with Crippen molar-refractivity contribution in [1.82, 2.24) is 10.2 Å². The summed E-state index contributed by atoms with van der Waals surface area (Å²) in [5, 5.41) is 29.1. The summed E-state index contributed by atoms with van der Waals surface area (Å²) < 4.78 is 0. The number of fused-ring (bicyclic) bond motifs is 7. The predicted molar refractivity (Wildman–Crippen MR) is 174 cm³/mol. The van der Waals surface area contributed by atoms with Crippen molar-refractivity contribution in [2.45, 2.75) is 63.1 Å². The van der Waals surface area contributed by atoms with Gasteiger partial charge in [-0.1, -0.05) is 56.3 Å². The molecule has 48 heavy (non-hydrogen) atoms. The molecule has 14 heteroatoms. The molecule has 4 unspecified atom stereocenters. The Morgan fingerprint density at radius 3 is 2.15 bits per heavy atom. The molecule has 0 aliphatic carbocycles. The molecular formula is C34H37N5O9. The fourth-order valence-corrected chi connectivity index (χ4v) is 7.45. The molecule has 4 heterocycles. The van der Waals surface area contributed by atoms with Crippen LogP contribution in [0.4, 0.5) is 17.1 Å². The minimum Gasteiger partial charge on any atom is -0.481 e. The molecular weight excluding hydrogens is 622 g/mol. The third kappa shape index (κ3) is 4.87. The van der Waals surface area contributed by atoms with Crippen LogP contribution in [0.25, 0.3) is 0 Å². The molecule has 3 aromatic carbocycles. The van der Waals surface area contributed by atoms with Crippen LogP contribution in [0.2, 0.25) is 0 Å². The summed E-state index contributed by atoms with van der Waals surface area (Å²) >= 11 is 0. The number of nitrogens with one attached hydrogen (secondary N) is 2. The first-order chi connectivity index (χ1) is 22.0. The van der Waals surface area contributed by atoms with E-state index in [0.717, 1.165) is 0 Å². The highest BCUT2D eigenvalue weighted by Crippen LogP contribution is 2.53. The molecule has 252 valence electrons. The summed E-state index contributed by atoms with van der Waals surface area (Å²) in [7, 11) is 0. The van der Waals surface area contributed by atoms with Crippen LogP contribution in [0.5, 0.6) is 0 Å². The van der Waals surface area contributed by atoms with Crippen LogP contribution < -0.4 is 20.4 Å². The predicted octanol–water partition coefficient (Wildman–Crippen LogP) is 1.23. The molecule has 7 rings (SSSR count). The van der Waals surface area contributed by atoms with Gasteiger partial charge in [-0.3, -0.25) is 33.8 Å². The zero-order valence-electron chi connectivity index (χ0n) is 26.2. The Morgan fingerprint density at radius 1 is 0.833 bits per heavy atom. The Labute approximate surface area is 275 Å². The molecule has 0 radical (unpaired) electrons. The average Bonchev–Trinajstić information content (AvgIpc) is 3.42. The Hall–Kier alpha value is -5.31. The zero-order chi connectivity index (χ0) is 32.5. The maximum atomic E-state index is 14.3. The Kier molecular flexibility index (Phi) is 8.77. The van der Waals surface area contributed by atoms with E-state index < -0.39 is 72.5 Å². The topological polar surface area (TPSA) is 223 Å². The number of carboxylic acids is 1. The van der Waals surface area contributed by atoms with Gasteiger partial charge < -0.3 is 36.7 Å². The number of para-hydroxylation sites is 3. The SMILES string of the molecule is CC(C)CC1C(=O)N2c3ccccc3[C@](O)(C3NC(=O)c4ccccc4N4C(=O)c5ccccc5NC34)C2N1C(=O)CCC(=O)O.O.O. The smallest absolute Gasteiger partial charge is 0.303 e. The standard InChI is InChI=1S/C34H33N5O7.2H2O/c1-18(2)17-25-32(45)39-24-14-8-5-11-21(24)34(46,33(39)37(25)26(40)15-16-27(41)42)28-29-35-22-12-6-3-9-19(22)31(44)38(29)23-13-7-4-10-20(23)30(43)36-28;;/h3-14,18,25,28-29,33,35,46H,15-17H2,1-2H3,(H,36,43)(H,41,42);2*1H2/t25?,28?,29?,33?,34-;;/m0../s1. The van der Waals surface area contributed by atoms with E-state index >= 15 is 0 Å². The summed E-state index contributed by atoms with van der Waals surface area (Å²) in [4.78, 5) is 72.1. The van der Waals surface area contributed by atoms with Crippen molar-refractivity contribution in [3.05, 3.63) is 89.5 Å². The third-order valence-electron chi connectivity index (χ3n) is 9.33. The largest absolute Gasteiger partial charge is 0.481 e. The van der Waals surface area contributed by atoms with Crippen LogP contribution in [0.1, 0.15) is 59.4 Å². The number of rotatable bonds is 6. The quantitative estimate of drug-likeness (QED) is 0.301. The van der Waals surface area contributed by atoms with Gasteiger partial charge in [-0.15, -0.1) is 0 Å². The fourth-order valence-electron chi connectivity index (χ4n) is 7.45. The van der Waals surface area contributed by atoms with E-state index in [1.54, 1.807) is 72.8 Å². The van der Waals surface area contributed by atoms with E-state index in [-0.39, 0.29) is 34.4 Å². The van der Waals surface area contributed by atoms with Gasteiger partial charge in [-0.25, -0.2) is 0 Å². The van der Waals surface area contributed by atoms with Gasteiger partial charge in [0.05, 0.1) is 28.9 Å². The Bertz CT molecular complexity index is 1810. The number of anilines is 3. The molecule has 1 saturated heterocycles. The monoisotopic (exact) mass is 659 g/mol. The van der Waals surface area contributed by atoms with Gasteiger partial charge >= 0.3 is 5.97 Å². The highest BCUT2D eigenvalue weighted by molar-refractivity contribution is 6.16. The van der Waals surface area contributed by atoms with Crippen LogP contribution >= 0.6 is 0 Å². The lowest BCUT2D eigenvalue weighted by Gasteiger charge is -2.48. The number of carbonyl (C=O) groups excluding carboxylic acids is 4. The van der Waals surface area contributed by atoms with Gasteiger partial charge in [0.25, 0.3) is 17.7 Å². The molecule has 4 amide bonds. The number of benzene rings is 3. The molecule has 0 aromatic heterocycles. The maximum absolute atomic E-state index is 14.3. The number of carbonyl (C=O) groups is 5. The number of carboxylic acid groups (broad SMARTS) is 1. The van der Waals surface area contributed by atoms with Gasteiger partial charge in [-0.2, -0.15) is 0 Å². The average molecular weight is 660 g/mol. The first-order valence-corrected chi connectivity index (χ1v) is 15.3. The molecule has 3 aromatic rings. The van der Waals surface area contributed by atoms with E-state index in [0.29, 0.717) is 22.6 Å². The third-order valence-corrected chi connectivity index (χ3v) is 9.33. The van der Waals surface area contributed by atoms with Gasteiger partial charge in [0.15, 0.2) is 5.60 Å². The molecule has 5 atom stereocenters. The maximum Gasteiger partial charge on any atom is 0.303 e. The lowest BCUT2D eigenvalue weighted by atomic mass is 9.81. The minimum absolute atomic E-state index is 0. The first kappa shape index (κ1) is 34.0. The van der Waals surface area contributed by atoms with E-state index in [2.05, 4.69) is 10.6 Å². The highest BCUT2D eigenvalue weighted by Gasteiger charge is 2.68. The molecule has 4 aliphatic rings. The van der Waals surface area contributed by atoms with Crippen LogP contribution in [0.15, 0.2) is 72.8 Å². The number of aliphatic carboxylic acids is 1. The molecule has 8 N–H and O–H groups in total. The van der Waals surface area contributed by atoms with E-state index in [9.17, 15) is 34.2 Å². The zero-order valence-corrected chi connectivity index (χ0v) is 26.2. The van der Waals surface area contributed by atoms with E-state index in [1.807, 2.05) is 13.8 Å². The van der Waals surface area contributed by atoms with Gasteiger partial charge in [0.1, 0.15) is 24.4 Å². The first-order valence-electron chi connectivity index (χ1n) is 15.3. The highest BCUT2D eigenvalue weighted by atomic mass is 16.4. The molecule has 1 fully saturated rings. The van der Waals surface area contributed by atoms with Crippen molar-refractivity contribution < 1.29 is 45.1 Å². The van der Waals surface area contributed by atoms with Crippen molar-refractivity contribution in [2.75, 3.05) is 15.1 Å². The second kappa shape index (κ2) is 12.4. The van der Waals surface area contributed by atoms with Crippen LogP contribution in [-0.2, 0) is 20.0 Å². The summed E-state index contributed by atoms with van der Waals surface area (Å²) in [6, 6.07) is 18.0. The molecule has 14 nitrogen and oxygen atoms in total. The second-order valence-electron chi connectivity index (χ2n) is 12.5. The number of nitrogens with zero attached hydrogens (tertiary/aromatic N) is 3. The minimum atomic E-state index is -2.16. The van der Waals surface area contributed by atoms with Crippen LogP contribution in [0.3, 0.4) is 0 Å².